The van der Waals surface area contributed by atoms with Gasteiger partial charge in [0.25, 0.3) is 0 Å². The first-order valence-electron chi connectivity index (χ1n) is 12.9. The topological polar surface area (TPSA) is 78.4 Å². The highest BCUT2D eigenvalue weighted by atomic mass is 35.5. The number of aromatic nitrogens is 2. The second kappa shape index (κ2) is 12.1. The maximum Gasteiger partial charge on any atom is 0.373 e. The molecule has 1 saturated carbocycles. The number of rotatable bonds is 6. The number of carbonyl (C=O) groups excluding carboxylic acids is 2. The zero-order valence-corrected chi connectivity index (χ0v) is 23.0. The van der Waals surface area contributed by atoms with E-state index < -0.39 is 5.82 Å². The van der Waals surface area contributed by atoms with Crippen LogP contribution in [0.2, 0.25) is 10.0 Å². The molecule has 37 heavy (non-hydrogen) atoms. The van der Waals surface area contributed by atoms with Crippen molar-refractivity contribution in [2.24, 2.45) is 17.8 Å². The van der Waals surface area contributed by atoms with E-state index in [2.05, 4.69) is 32.0 Å². The van der Waals surface area contributed by atoms with Gasteiger partial charge in [-0.1, -0.05) is 36.2 Å². The Kier molecular flexibility index (Phi) is 9.07. The zero-order chi connectivity index (χ0) is 26.7. The van der Waals surface area contributed by atoms with E-state index in [4.69, 9.17) is 32.8 Å². The standard InChI is InChI=1S/C26H34Cl2FN5.CO2/c1-15-9-21(10-15)33-8-4-5-18(12-33)19-13-34(14-19)26-31-17(3)24(29)25(32-26)30-16(2)22-7-6-20(27)11-23(22)28;2-1-3/h6-7,11,15-16,18-19,21H,4-5,8-10,12-14H2,1-3H3,(H,30,31,32);/t15?,16-,18+,21?;/m1./s1. The van der Waals surface area contributed by atoms with Gasteiger partial charge in [-0.3, -0.25) is 0 Å². The molecule has 1 aromatic carbocycles. The number of hydrogen-bond acceptors (Lipinski definition) is 7. The van der Waals surface area contributed by atoms with E-state index in [-0.39, 0.29) is 18.0 Å². The Morgan fingerprint density at radius 3 is 2.49 bits per heavy atom. The van der Waals surface area contributed by atoms with Gasteiger partial charge in [-0.2, -0.15) is 14.6 Å². The summed E-state index contributed by atoms with van der Waals surface area (Å²) in [7, 11) is 0. The third-order valence-corrected chi connectivity index (χ3v) is 8.56. The number of hydrogen-bond donors (Lipinski definition) is 1. The summed E-state index contributed by atoms with van der Waals surface area (Å²) in [4.78, 5) is 30.2. The summed E-state index contributed by atoms with van der Waals surface area (Å²) in [5, 5.41) is 4.31. The van der Waals surface area contributed by atoms with Gasteiger partial charge in [0.15, 0.2) is 11.6 Å². The molecule has 5 rings (SSSR count). The molecular weight excluding hydrogens is 516 g/mol. The van der Waals surface area contributed by atoms with Crippen LogP contribution in [0.15, 0.2) is 18.2 Å². The van der Waals surface area contributed by atoms with Crippen molar-refractivity contribution in [2.45, 2.75) is 58.5 Å². The first-order chi connectivity index (χ1) is 17.7. The third-order valence-electron chi connectivity index (χ3n) is 8.00. The molecule has 0 spiro atoms. The molecule has 200 valence electrons. The second-order valence-electron chi connectivity index (χ2n) is 10.7. The van der Waals surface area contributed by atoms with E-state index in [1.165, 1.54) is 38.8 Å². The predicted molar refractivity (Wildman–Crippen MR) is 142 cm³/mol. The van der Waals surface area contributed by atoms with Crippen molar-refractivity contribution < 1.29 is 14.0 Å². The molecule has 3 heterocycles. The third kappa shape index (κ3) is 6.43. The van der Waals surface area contributed by atoms with Crippen LogP contribution in [-0.4, -0.2) is 53.2 Å². The van der Waals surface area contributed by atoms with Gasteiger partial charge in [0.05, 0.1) is 11.7 Å². The van der Waals surface area contributed by atoms with Crippen molar-refractivity contribution in [1.82, 2.24) is 14.9 Å². The van der Waals surface area contributed by atoms with Crippen molar-refractivity contribution in [3.05, 3.63) is 45.3 Å². The lowest BCUT2D eigenvalue weighted by Crippen LogP contribution is -2.56. The quantitative estimate of drug-likeness (QED) is 0.490. The van der Waals surface area contributed by atoms with E-state index >= 15 is 0 Å². The van der Waals surface area contributed by atoms with Gasteiger partial charge < -0.3 is 15.1 Å². The van der Waals surface area contributed by atoms with Crippen LogP contribution in [0.25, 0.3) is 0 Å². The smallest absolute Gasteiger partial charge is 0.361 e. The first-order valence-corrected chi connectivity index (χ1v) is 13.7. The normalized spacial score (nSPS) is 24.7. The van der Waals surface area contributed by atoms with Crippen molar-refractivity contribution >= 4 is 41.1 Å². The first kappa shape index (κ1) is 27.8. The van der Waals surface area contributed by atoms with Crippen LogP contribution >= 0.6 is 23.2 Å². The molecule has 2 aromatic rings. The van der Waals surface area contributed by atoms with E-state index in [0.717, 1.165) is 36.5 Å². The number of nitrogens with zero attached hydrogens (tertiary/aromatic N) is 4. The Hall–Kier alpha value is -2.25. The van der Waals surface area contributed by atoms with Crippen LogP contribution in [0, 0.1) is 30.5 Å². The van der Waals surface area contributed by atoms with Gasteiger partial charge in [0.1, 0.15) is 0 Å². The molecule has 3 aliphatic rings. The number of halogens is 3. The Labute approximate surface area is 227 Å². The molecule has 0 amide bonds. The van der Waals surface area contributed by atoms with E-state index in [1.54, 1.807) is 19.1 Å². The van der Waals surface area contributed by atoms with Crippen molar-refractivity contribution in [3.8, 4) is 0 Å². The minimum atomic E-state index is -0.421. The van der Waals surface area contributed by atoms with Crippen LogP contribution in [0.3, 0.4) is 0 Å². The summed E-state index contributed by atoms with van der Waals surface area (Å²) in [6, 6.07) is 5.91. The van der Waals surface area contributed by atoms with Crippen LogP contribution in [0.4, 0.5) is 16.2 Å². The van der Waals surface area contributed by atoms with Crippen molar-refractivity contribution in [2.75, 3.05) is 36.4 Å². The highest BCUT2D eigenvalue weighted by Crippen LogP contribution is 2.38. The second-order valence-corrected chi connectivity index (χ2v) is 11.5. The number of aryl methyl sites for hydroxylation is 1. The molecule has 2 saturated heterocycles. The number of piperidine rings is 1. The summed E-state index contributed by atoms with van der Waals surface area (Å²) < 4.78 is 14.9. The molecular formula is C27H34Cl2FN5O2. The van der Waals surface area contributed by atoms with E-state index in [1.807, 2.05) is 13.0 Å². The SMILES string of the molecule is Cc1nc(N2CC([C@H]3CCCN(C4CC(C)C4)C3)C2)nc(N[C@H](C)c2ccc(Cl)cc2Cl)c1F.O=C=O. The fourth-order valence-electron chi connectivity index (χ4n) is 5.81. The molecule has 3 fully saturated rings. The Morgan fingerprint density at radius 1 is 1.14 bits per heavy atom. The van der Waals surface area contributed by atoms with Gasteiger partial charge in [-0.15, -0.1) is 0 Å². The number of anilines is 2. The fourth-order valence-corrected chi connectivity index (χ4v) is 6.38. The van der Waals surface area contributed by atoms with E-state index in [0.29, 0.717) is 27.6 Å². The average molecular weight is 551 g/mol. The summed E-state index contributed by atoms with van der Waals surface area (Å²) in [6.45, 7) is 10.4. The Morgan fingerprint density at radius 2 is 1.84 bits per heavy atom. The molecule has 2 atom stereocenters. The molecule has 0 unspecified atom stereocenters. The number of likely N-dealkylation sites (tertiary alicyclic amines) is 1. The Bertz CT molecular complexity index is 1130. The zero-order valence-electron chi connectivity index (χ0n) is 21.5. The van der Waals surface area contributed by atoms with Gasteiger partial charge >= 0.3 is 6.15 Å². The molecule has 1 aromatic heterocycles. The van der Waals surface area contributed by atoms with Gasteiger partial charge in [0, 0.05) is 35.7 Å². The molecule has 10 heteroatoms. The molecule has 0 radical (unpaired) electrons. The predicted octanol–water partition coefficient (Wildman–Crippen LogP) is 5.77. The van der Waals surface area contributed by atoms with Gasteiger partial charge in [-0.25, -0.2) is 9.37 Å². The summed E-state index contributed by atoms with van der Waals surface area (Å²) >= 11 is 12.4. The lowest BCUT2D eigenvalue weighted by Gasteiger charge is -2.50. The largest absolute Gasteiger partial charge is 0.373 e. The summed E-state index contributed by atoms with van der Waals surface area (Å²) in [5.74, 6) is 2.70. The monoisotopic (exact) mass is 549 g/mol. The number of benzene rings is 1. The lowest BCUT2D eigenvalue weighted by atomic mass is 9.76. The van der Waals surface area contributed by atoms with Crippen LogP contribution < -0.4 is 10.2 Å². The van der Waals surface area contributed by atoms with Crippen LogP contribution in [-0.2, 0) is 9.59 Å². The summed E-state index contributed by atoms with van der Waals surface area (Å²) in [5.41, 5.74) is 1.20. The van der Waals surface area contributed by atoms with Gasteiger partial charge in [0.2, 0.25) is 5.95 Å². The minimum absolute atomic E-state index is 0.215. The van der Waals surface area contributed by atoms with E-state index in [9.17, 15) is 4.39 Å². The molecule has 7 nitrogen and oxygen atoms in total. The molecule has 1 aliphatic carbocycles. The Balaban J connectivity index is 0.00000102. The highest BCUT2D eigenvalue weighted by Gasteiger charge is 2.40. The number of nitrogens with one attached hydrogen (secondary N) is 1. The molecule has 1 N–H and O–H groups in total. The maximum atomic E-state index is 14.9. The highest BCUT2D eigenvalue weighted by molar-refractivity contribution is 6.35. The van der Waals surface area contributed by atoms with Crippen molar-refractivity contribution in [1.29, 1.82) is 0 Å². The fraction of sp³-hybridized carbons (Fsp3) is 0.593. The minimum Gasteiger partial charge on any atom is -0.361 e. The summed E-state index contributed by atoms with van der Waals surface area (Å²) in [6.07, 6.45) is 5.59. The molecule has 2 aliphatic heterocycles. The van der Waals surface area contributed by atoms with Gasteiger partial charge in [-0.05, 0) is 81.5 Å². The average Bonchev–Trinajstić information content (AvgIpc) is 2.80. The maximum absolute atomic E-state index is 14.9. The molecule has 0 bridgehead atoms. The van der Waals surface area contributed by atoms with Crippen molar-refractivity contribution in [3.63, 3.8) is 0 Å². The van der Waals surface area contributed by atoms with Crippen LogP contribution in [0.1, 0.15) is 56.8 Å². The van der Waals surface area contributed by atoms with Crippen LogP contribution in [0.5, 0.6) is 0 Å². The lowest BCUT2D eigenvalue weighted by molar-refractivity contribution is -0.191.